The van der Waals surface area contributed by atoms with Gasteiger partial charge in [-0.05, 0) is 26.0 Å². The van der Waals surface area contributed by atoms with E-state index in [4.69, 9.17) is 5.11 Å². The van der Waals surface area contributed by atoms with Crippen LogP contribution in [0.15, 0.2) is 24.3 Å². The van der Waals surface area contributed by atoms with Crippen molar-refractivity contribution in [2.45, 2.75) is 32.9 Å². The molecule has 7 nitrogen and oxygen atoms in total. The highest BCUT2D eigenvalue weighted by atomic mass is 19.3. The zero-order chi connectivity index (χ0) is 20.4. The van der Waals surface area contributed by atoms with Crippen LogP contribution in [0.1, 0.15) is 21.7 Å². The van der Waals surface area contributed by atoms with Gasteiger partial charge in [0.2, 0.25) is 0 Å². The van der Waals surface area contributed by atoms with Crippen LogP contribution >= 0.6 is 0 Å². The highest BCUT2D eigenvalue weighted by molar-refractivity contribution is 6.06. The number of carbonyl (C=O) groups is 2. The van der Waals surface area contributed by atoms with Crippen LogP contribution in [0.5, 0.6) is 5.75 Å². The number of ether oxygens (including phenoxy) is 1. The van der Waals surface area contributed by atoms with Crippen LogP contribution in [0.2, 0.25) is 0 Å². The molecule has 1 aromatic carbocycles. The minimum absolute atomic E-state index is 0.177. The largest absolute Gasteiger partial charge is 0.480 e. The van der Waals surface area contributed by atoms with Crippen LogP contribution in [0.4, 0.5) is 23.2 Å². The van der Waals surface area contributed by atoms with Gasteiger partial charge in [0.05, 0.1) is 22.6 Å². The number of carbonyl (C=O) groups excluding carboxylic acids is 1. The van der Waals surface area contributed by atoms with Crippen molar-refractivity contribution in [1.82, 2.24) is 9.78 Å². The molecule has 0 aliphatic heterocycles. The van der Waals surface area contributed by atoms with Crippen LogP contribution in [0.25, 0.3) is 0 Å². The zero-order valence-corrected chi connectivity index (χ0v) is 14.2. The Morgan fingerprint density at radius 1 is 1.30 bits per heavy atom. The van der Waals surface area contributed by atoms with Crippen molar-refractivity contribution in [3.8, 4) is 5.75 Å². The lowest BCUT2D eigenvalue weighted by Crippen LogP contribution is -2.34. The van der Waals surface area contributed by atoms with E-state index in [9.17, 15) is 27.2 Å². The highest BCUT2D eigenvalue weighted by Crippen LogP contribution is 2.30. The smallest absolute Gasteiger partial charge is 0.461 e. The van der Waals surface area contributed by atoms with Gasteiger partial charge in [-0.25, -0.2) is 0 Å². The molecule has 0 unspecified atom stereocenters. The summed E-state index contributed by atoms with van der Waals surface area (Å²) in [6.07, 6.45) is -8.85. The van der Waals surface area contributed by atoms with Crippen molar-refractivity contribution in [3.05, 3.63) is 41.2 Å². The molecule has 0 saturated carbocycles. The van der Waals surface area contributed by atoms with Gasteiger partial charge in [0.1, 0.15) is 12.3 Å². The van der Waals surface area contributed by atoms with E-state index in [-0.39, 0.29) is 5.69 Å². The second kappa shape index (κ2) is 7.64. The number of carboxylic acid groups (broad SMARTS) is 1. The first-order valence-corrected chi connectivity index (χ1v) is 7.54. The molecule has 0 spiro atoms. The third kappa shape index (κ3) is 4.54. The maximum Gasteiger partial charge on any atom is 0.461 e. The van der Waals surface area contributed by atoms with E-state index in [2.05, 4.69) is 15.2 Å². The van der Waals surface area contributed by atoms with Gasteiger partial charge < -0.3 is 15.2 Å². The summed E-state index contributed by atoms with van der Waals surface area (Å²) in [5.74, 6) is -2.78. The number of halogens is 4. The maximum absolute atomic E-state index is 13.2. The predicted molar refractivity (Wildman–Crippen MR) is 85.3 cm³/mol. The first-order valence-electron chi connectivity index (χ1n) is 7.54. The summed E-state index contributed by atoms with van der Waals surface area (Å²) in [6, 6.07) is 4.67. The lowest BCUT2D eigenvalue weighted by atomic mass is 10.1. The molecule has 2 rings (SSSR count). The zero-order valence-electron chi connectivity index (χ0n) is 14.2. The van der Waals surface area contributed by atoms with E-state index in [1.165, 1.54) is 26.0 Å². The number of nitrogens with one attached hydrogen (secondary N) is 1. The van der Waals surface area contributed by atoms with E-state index >= 15 is 0 Å². The van der Waals surface area contributed by atoms with Gasteiger partial charge in [0.15, 0.2) is 0 Å². The summed E-state index contributed by atoms with van der Waals surface area (Å²) in [5.41, 5.74) is 0.386. The second-order valence-electron chi connectivity index (χ2n) is 5.51. The second-order valence-corrected chi connectivity index (χ2v) is 5.51. The molecule has 0 radical (unpaired) electrons. The molecule has 0 bridgehead atoms. The number of carboxylic acids is 1. The van der Waals surface area contributed by atoms with Gasteiger partial charge in [0, 0.05) is 0 Å². The van der Waals surface area contributed by atoms with E-state index in [1.54, 1.807) is 0 Å². The molecule has 0 aliphatic rings. The Bertz CT molecular complexity index is 867. The maximum atomic E-state index is 13.2. The first-order chi connectivity index (χ1) is 12.5. The molecule has 11 heteroatoms. The van der Waals surface area contributed by atoms with Crippen molar-refractivity contribution >= 4 is 17.6 Å². The number of para-hydroxylation sites is 1. The molecule has 1 amide bonds. The van der Waals surface area contributed by atoms with Crippen molar-refractivity contribution in [2.24, 2.45) is 0 Å². The summed E-state index contributed by atoms with van der Waals surface area (Å²) in [7, 11) is 0. The van der Waals surface area contributed by atoms with Crippen molar-refractivity contribution in [1.29, 1.82) is 0 Å². The van der Waals surface area contributed by atoms with Crippen LogP contribution in [0.3, 0.4) is 0 Å². The summed E-state index contributed by atoms with van der Waals surface area (Å²) in [4.78, 5) is 23.3. The van der Waals surface area contributed by atoms with Gasteiger partial charge in [-0.3, -0.25) is 14.3 Å². The molecular weight excluding hydrogens is 374 g/mol. The van der Waals surface area contributed by atoms with Gasteiger partial charge in [-0.15, -0.1) is 0 Å². The molecular formula is C16H15F4N3O4. The van der Waals surface area contributed by atoms with E-state index in [0.717, 1.165) is 16.8 Å². The van der Waals surface area contributed by atoms with Crippen LogP contribution in [0, 0.1) is 13.8 Å². The molecule has 27 heavy (non-hydrogen) atoms. The number of aliphatic carboxylic acids is 1. The number of aromatic nitrogens is 2. The summed E-state index contributed by atoms with van der Waals surface area (Å²) in [6.45, 7) is 2.57. The average Bonchev–Trinajstić information content (AvgIpc) is 2.81. The Balaban J connectivity index is 2.30. The van der Waals surface area contributed by atoms with E-state index in [0.29, 0.717) is 11.4 Å². The monoisotopic (exact) mass is 389 g/mol. The summed E-state index contributed by atoms with van der Waals surface area (Å²) in [5, 5.41) is 15.2. The summed E-state index contributed by atoms with van der Waals surface area (Å²) >= 11 is 0. The van der Waals surface area contributed by atoms with E-state index < -0.39 is 42.3 Å². The van der Waals surface area contributed by atoms with E-state index in [1.807, 2.05) is 0 Å². The minimum Gasteiger partial charge on any atom is -0.480 e. The number of aryl methyl sites for hydroxylation is 1. The van der Waals surface area contributed by atoms with Crippen molar-refractivity contribution in [3.63, 3.8) is 0 Å². The van der Waals surface area contributed by atoms with Crippen molar-refractivity contribution < 1.29 is 37.0 Å². The number of anilines is 1. The normalized spacial score (nSPS) is 11.5. The Morgan fingerprint density at radius 3 is 2.52 bits per heavy atom. The Kier molecular flexibility index (Phi) is 5.72. The molecule has 0 saturated heterocycles. The number of hydrogen-bond donors (Lipinski definition) is 2. The summed E-state index contributed by atoms with van der Waals surface area (Å²) < 4.78 is 56.2. The van der Waals surface area contributed by atoms with Crippen LogP contribution in [-0.4, -0.2) is 39.3 Å². The minimum atomic E-state index is -4.77. The molecule has 1 heterocycles. The van der Waals surface area contributed by atoms with Gasteiger partial charge in [-0.2, -0.15) is 22.7 Å². The quantitative estimate of drug-likeness (QED) is 0.710. The molecule has 0 fully saturated rings. The van der Waals surface area contributed by atoms with Gasteiger partial charge in [-0.1, -0.05) is 12.1 Å². The Hall–Kier alpha value is -3.11. The number of amides is 1. The topological polar surface area (TPSA) is 93.5 Å². The first kappa shape index (κ1) is 20.2. The molecule has 2 N–H and O–H groups in total. The Morgan fingerprint density at radius 2 is 1.93 bits per heavy atom. The number of hydrogen-bond acceptors (Lipinski definition) is 4. The van der Waals surface area contributed by atoms with Gasteiger partial charge >= 0.3 is 18.5 Å². The molecule has 0 atom stereocenters. The molecule has 146 valence electrons. The fraction of sp³-hybridized carbons (Fsp3) is 0.312. The molecule has 2 aromatic rings. The lowest BCUT2D eigenvalue weighted by molar-refractivity contribution is -0.253. The average molecular weight is 389 g/mol. The molecule has 1 aromatic heterocycles. The SMILES string of the molecule is Cc1nn(CC(=O)O)c(C)c1NC(=O)c1ccccc1OC(F)(F)C(F)F. The van der Waals surface area contributed by atoms with Crippen LogP contribution < -0.4 is 10.1 Å². The standard InChI is InChI=1S/C16H15F4N3O4/c1-8-13(9(2)23(22-8)7-12(24)25)21-14(26)10-5-3-4-6-11(10)27-16(19,20)15(17)18/h3-6,15H,7H2,1-2H3,(H,21,26)(H,24,25). The highest BCUT2D eigenvalue weighted by Gasteiger charge is 2.44. The third-order valence-corrected chi connectivity index (χ3v) is 3.54. The number of alkyl halides is 4. The number of nitrogens with zero attached hydrogens (tertiary/aromatic N) is 2. The molecule has 0 aliphatic carbocycles. The Labute approximate surface area is 150 Å². The van der Waals surface area contributed by atoms with Crippen molar-refractivity contribution in [2.75, 3.05) is 5.32 Å². The van der Waals surface area contributed by atoms with Crippen LogP contribution in [-0.2, 0) is 11.3 Å². The number of benzene rings is 1. The van der Waals surface area contributed by atoms with Gasteiger partial charge in [0.25, 0.3) is 5.91 Å². The number of rotatable bonds is 7. The predicted octanol–water partition coefficient (Wildman–Crippen LogP) is 3.07. The fourth-order valence-electron chi connectivity index (χ4n) is 2.28. The fourth-order valence-corrected chi connectivity index (χ4v) is 2.28. The third-order valence-electron chi connectivity index (χ3n) is 3.54. The lowest BCUT2D eigenvalue weighted by Gasteiger charge is -2.18.